The van der Waals surface area contributed by atoms with E-state index in [2.05, 4.69) is 71.6 Å². The van der Waals surface area contributed by atoms with Crippen LogP contribution >= 0.6 is 0 Å². The Labute approximate surface area is 138 Å². The number of nitrogens with zero attached hydrogens (tertiary/aromatic N) is 1. The molecule has 0 N–H and O–H groups in total. The Kier molecular flexibility index (Phi) is 4.40. The first-order chi connectivity index (χ1) is 11.3. The van der Waals surface area contributed by atoms with Crippen molar-refractivity contribution >= 4 is 21.8 Å². The number of hydrogen-bond donors (Lipinski definition) is 0. The van der Waals surface area contributed by atoms with Crippen LogP contribution in [0.15, 0.2) is 36.4 Å². The number of unbranched alkanes of at least 4 members (excludes halogenated alkanes) is 1. The van der Waals surface area contributed by atoms with E-state index in [-0.39, 0.29) is 0 Å². The summed E-state index contributed by atoms with van der Waals surface area (Å²) in [5.74, 6) is 12.3. The second kappa shape index (κ2) is 6.64. The van der Waals surface area contributed by atoms with Crippen LogP contribution in [-0.4, -0.2) is 4.57 Å². The Morgan fingerprint density at radius 3 is 1.78 bits per heavy atom. The smallest absolute Gasteiger partial charge is 0.0492 e. The highest BCUT2D eigenvalue weighted by molar-refractivity contribution is 6.08. The number of aromatic nitrogens is 1. The maximum Gasteiger partial charge on any atom is 0.0492 e. The molecule has 1 heterocycles. The molecule has 0 aliphatic rings. The van der Waals surface area contributed by atoms with E-state index in [1.807, 2.05) is 13.8 Å². The normalized spacial score (nSPS) is 10.2. The third-order valence-electron chi connectivity index (χ3n) is 4.14. The average molecular weight is 299 g/mol. The Morgan fingerprint density at radius 1 is 0.826 bits per heavy atom. The van der Waals surface area contributed by atoms with E-state index in [1.165, 1.54) is 34.6 Å². The minimum absolute atomic E-state index is 1.05. The molecule has 0 radical (unpaired) electrons. The molecule has 0 saturated heterocycles. The molecule has 3 rings (SSSR count). The molecular formula is C22H21N. The number of hydrogen-bond acceptors (Lipinski definition) is 0. The molecule has 2 aromatic carbocycles. The molecule has 1 nitrogen and oxygen atoms in total. The van der Waals surface area contributed by atoms with Crippen LogP contribution in [-0.2, 0) is 6.54 Å². The maximum absolute atomic E-state index is 3.17. The van der Waals surface area contributed by atoms with Crippen molar-refractivity contribution in [2.45, 2.75) is 40.2 Å². The van der Waals surface area contributed by atoms with E-state index in [0.717, 1.165) is 17.7 Å². The van der Waals surface area contributed by atoms with Gasteiger partial charge in [0.15, 0.2) is 0 Å². The Morgan fingerprint density at radius 2 is 1.35 bits per heavy atom. The largest absolute Gasteiger partial charge is 0.340 e. The number of benzene rings is 2. The van der Waals surface area contributed by atoms with Gasteiger partial charge >= 0.3 is 0 Å². The lowest BCUT2D eigenvalue weighted by Gasteiger charge is -2.06. The van der Waals surface area contributed by atoms with Gasteiger partial charge in [-0.1, -0.05) is 25.2 Å². The molecule has 0 aliphatic heterocycles. The van der Waals surface area contributed by atoms with Crippen molar-refractivity contribution in [2.75, 3.05) is 0 Å². The van der Waals surface area contributed by atoms with Crippen molar-refractivity contribution in [3.63, 3.8) is 0 Å². The zero-order valence-corrected chi connectivity index (χ0v) is 14.0. The first-order valence-corrected chi connectivity index (χ1v) is 8.20. The van der Waals surface area contributed by atoms with Gasteiger partial charge in [0.05, 0.1) is 0 Å². The summed E-state index contributed by atoms with van der Waals surface area (Å²) in [7, 11) is 0. The molecule has 0 saturated carbocycles. The summed E-state index contributed by atoms with van der Waals surface area (Å²) >= 11 is 0. The first kappa shape index (κ1) is 15.3. The minimum Gasteiger partial charge on any atom is -0.340 e. The predicted octanol–water partition coefficient (Wildman–Crippen LogP) is 5.34. The molecule has 0 aliphatic carbocycles. The van der Waals surface area contributed by atoms with E-state index < -0.39 is 0 Å². The number of fused-ring (bicyclic) bond motifs is 3. The molecule has 0 bridgehead atoms. The van der Waals surface area contributed by atoms with Crippen LogP contribution in [0, 0.1) is 23.7 Å². The molecule has 0 amide bonds. The van der Waals surface area contributed by atoms with Crippen LogP contribution < -0.4 is 0 Å². The molecule has 0 unspecified atom stereocenters. The van der Waals surface area contributed by atoms with Crippen molar-refractivity contribution < 1.29 is 0 Å². The van der Waals surface area contributed by atoms with Gasteiger partial charge in [0, 0.05) is 39.5 Å². The van der Waals surface area contributed by atoms with Gasteiger partial charge in [-0.15, -0.1) is 11.8 Å². The Balaban J connectivity index is 2.33. The van der Waals surface area contributed by atoms with Crippen molar-refractivity contribution in [1.29, 1.82) is 0 Å². The van der Waals surface area contributed by atoms with Crippen LogP contribution in [0.2, 0.25) is 0 Å². The van der Waals surface area contributed by atoms with E-state index >= 15 is 0 Å². The van der Waals surface area contributed by atoms with Crippen molar-refractivity contribution in [2.24, 2.45) is 0 Å². The number of rotatable bonds is 3. The lowest BCUT2D eigenvalue weighted by molar-refractivity contribution is 0.665. The summed E-state index contributed by atoms with van der Waals surface area (Å²) in [5, 5.41) is 2.55. The first-order valence-electron chi connectivity index (χ1n) is 8.20. The average Bonchev–Trinajstić information content (AvgIpc) is 2.86. The molecule has 114 valence electrons. The highest BCUT2D eigenvalue weighted by atomic mass is 15.0. The summed E-state index contributed by atoms with van der Waals surface area (Å²) in [4.78, 5) is 0. The summed E-state index contributed by atoms with van der Waals surface area (Å²) in [6.07, 6.45) is 2.38. The lowest BCUT2D eigenvalue weighted by Crippen LogP contribution is -1.97. The second-order valence-electron chi connectivity index (χ2n) is 5.72. The van der Waals surface area contributed by atoms with E-state index in [1.54, 1.807) is 0 Å². The summed E-state index contributed by atoms with van der Waals surface area (Å²) < 4.78 is 2.43. The molecular weight excluding hydrogens is 278 g/mol. The quantitative estimate of drug-likeness (QED) is 0.575. The zero-order chi connectivity index (χ0) is 16.2. The minimum atomic E-state index is 1.05. The lowest BCUT2D eigenvalue weighted by atomic mass is 10.1. The second-order valence-corrected chi connectivity index (χ2v) is 5.72. The molecule has 23 heavy (non-hydrogen) atoms. The molecule has 0 spiro atoms. The topological polar surface area (TPSA) is 4.93 Å². The van der Waals surface area contributed by atoms with Crippen molar-refractivity contribution in [3.8, 4) is 23.7 Å². The van der Waals surface area contributed by atoms with Crippen LogP contribution in [0.1, 0.15) is 44.7 Å². The third kappa shape index (κ3) is 2.84. The van der Waals surface area contributed by atoms with E-state index in [9.17, 15) is 0 Å². The fraction of sp³-hybridized carbons (Fsp3) is 0.273. The van der Waals surface area contributed by atoms with Gasteiger partial charge < -0.3 is 4.57 Å². The van der Waals surface area contributed by atoms with Crippen LogP contribution in [0.25, 0.3) is 21.8 Å². The van der Waals surface area contributed by atoms with E-state index in [4.69, 9.17) is 0 Å². The van der Waals surface area contributed by atoms with Crippen molar-refractivity contribution in [3.05, 3.63) is 47.5 Å². The maximum atomic E-state index is 3.17. The zero-order valence-electron chi connectivity index (χ0n) is 14.0. The van der Waals surface area contributed by atoms with Crippen LogP contribution in [0.5, 0.6) is 0 Å². The summed E-state index contributed by atoms with van der Waals surface area (Å²) in [6.45, 7) is 7.04. The molecule has 0 atom stereocenters. The van der Waals surface area contributed by atoms with Gasteiger partial charge in [-0.25, -0.2) is 0 Å². The highest BCUT2D eigenvalue weighted by Crippen LogP contribution is 2.31. The fourth-order valence-corrected chi connectivity index (χ4v) is 3.11. The standard InChI is InChI=1S/C22H21N/c1-4-7-14-23-21-12-10-17(8-5-2)15-19(21)20-16-18(9-6-3)11-13-22(20)23/h10-13,15-16H,4,7,14H2,1-3H3. The fourth-order valence-electron chi connectivity index (χ4n) is 3.11. The van der Waals surface area contributed by atoms with Gasteiger partial charge in [0.2, 0.25) is 0 Å². The third-order valence-corrected chi connectivity index (χ3v) is 4.14. The van der Waals surface area contributed by atoms with Gasteiger partial charge in [-0.05, 0) is 56.7 Å². The SMILES string of the molecule is CC#Cc1ccc2c(c1)c1cc(C#CC)ccc1n2CCCC. The molecule has 3 aromatic rings. The van der Waals surface area contributed by atoms with Gasteiger partial charge in [-0.3, -0.25) is 0 Å². The number of aryl methyl sites for hydroxylation is 1. The predicted molar refractivity (Wildman–Crippen MR) is 99.5 cm³/mol. The van der Waals surface area contributed by atoms with Gasteiger partial charge in [0.1, 0.15) is 0 Å². The summed E-state index contributed by atoms with van der Waals surface area (Å²) in [5.41, 5.74) is 4.72. The Hall–Kier alpha value is -2.64. The Bertz CT molecular complexity index is 904. The van der Waals surface area contributed by atoms with Gasteiger partial charge in [-0.2, -0.15) is 0 Å². The van der Waals surface area contributed by atoms with Crippen molar-refractivity contribution in [1.82, 2.24) is 4.57 Å². The van der Waals surface area contributed by atoms with Crippen LogP contribution in [0.3, 0.4) is 0 Å². The highest BCUT2D eigenvalue weighted by Gasteiger charge is 2.11. The summed E-state index contributed by atoms with van der Waals surface area (Å²) in [6, 6.07) is 13.1. The molecule has 1 heteroatoms. The molecule has 1 aromatic heterocycles. The van der Waals surface area contributed by atoms with Crippen LogP contribution in [0.4, 0.5) is 0 Å². The molecule has 0 fully saturated rings. The van der Waals surface area contributed by atoms with E-state index in [0.29, 0.717) is 0 Å². The monoisotopic (exact) mass is 299 g/mol. The van der Waals surface area contributed by atoms with Gasteiger partial charge in [0.25, 0.3) is 0 Å².